The third kappa shape index (κ3) is 3.83. The number of carboxylic acid groups (broad SMARTS) is 1. The number of aldehydes is 1. The zero-order valence-electron chi connectivity index (χ0n) is 13.6. The number of hydrogen-bond donors (Lipinski definition) is 3. The molecule has 3 N–H and O–H groups in total. The number of nitrogens with one attached hydrogen (secondary N) is 2. The number of amides is 2. The van der Waals surface area contributed by atoms with Gasteiger partial charge in [0.2, 0.25) is 5.91 Å². The van der Waals surface area contributed by atoms with Crippen molar-refractivity contribution in [2.75, 3.05) is 18.4 Å². The zero-order valence-corrected chi connectivity index (χ0v) is 13.6. The third-order valence-corrected chi connectivity index (χ3v) is 3.90. The number of hydrogen-bond acceptors (Lipinski definition) is 5. The number of likely N-dealkylation sites (N-methyl/N-ethyl adjacent to an activating group) is 1. The SMILES string of the molecule is CCN(C(=O)O)[C@H](C=O)CN[C@@H]1C(=O)Nc2ccccc2O[C@H]1C. The average Bonchev–Trinajstić information content (AvgIpc) is 2.66. The van der Waals surface area contributed by atoms with Crippen molar-refractivity contribution in [3.8, 4) is 5.75 Å². The van der Waals surface area contributed by atoms with Gasteiger partial charge in [0.25, 0.3) is 0 Å². The molecule has 2 amide bonds. The lowest BCUT2D eigenvalue weighted by molar-refractivity contribution is -0.120. The Morgan fingerprint density at radius 2 is 2.21 bits per heavy atom. The fourth-order valence-electron chi connectivity index (χ4n) is 2.61. The molecule has 2 rings (SSSR count). The fourth-order valence-corrected chi connectivity index (χ4v) is 2.61. The Morgan fingerprint density at radius 1 is 1.50 bits per heavy atom. The van der Waals surface area contributed by atoms with E-state index in [1.165, 1.54) is 0 Å². The van der Waals surface area contributed by atoms with Crippen molar-refractivity contribution >= 4 is 24.0 Å². The Hall–Kier alpha value is -2.61. The lowest BCUT2D eigenvalue weighted by atomic mass is 10.1. The molecule has 1 aliphatic heterocycles. The van der Waals surface area contributed by atoms with Gasteiger partial charge in [-0.15, -0.1) is 0 Å². The van der Waals surface area contributed by atoms with Crippen molar-refractivity contribution in [2.24, 2.45) is 0 Å². The van der Waals surface area contributed by atoms with Gasteiger partial charge in [-0.05, 0) is 26.0 Å². The van der Waals surface area contributed by atoms with E-state index < -0.39 is 24.3 Å². The maximum absolute atomic E-state index is 12.4. The van der Waals surface area contributed by atoms with Gasteiger partial charge in [0.05, 0.1) is 5.69 Å². The van der Waals surface area contributed by atoms with E-state index in [4.69, 9.17) is 9.84 Å². The van der Waals surface area contributed by atoms with Gasteiger partial charge < -0.3 is 25.3 Å². The standard InChI is InChI=1S/C16H21N3O5/c1-3-19(16(22)23)11(9-20)8-17-14-10(2)24-13-7-5-4-6-12(13)18-15(14)21/h4-7,9-11,14,17H,3,8H2,1-2H3,(H,18,21)(H,22,23)/t10-,11-,14-/m0/s1. The van der Waals surface area contributed by atoms with Crippen LogP contribution in [0.25, 0.3) is 0 Å². The van der Waals surface area contributed by atoms with Gasteiger partial charge in [-0.3, -0.25) is 9.69 Å². The Morgan fingerprint density at radius 3 is 2.83 bits per heavy atom. The summed E-state index contributed by atoms with van der Waals surface area (Å²) < 4.78 is 5.78. The van der Waals surface area contributed by atoms with E-state index in [2.05, 4.69) is 10.6 Å². The largest absolute Gasteiger partial charge is 0.486 e. The molecule has 0 fully saturated rings. The molecule has 0 spiro atoms. The fraction of sp³-hybridized carbons (Fsp3) is 0.438. The number of nitrogens with zero attached hydrogens (tertiary/aromatic N) is 1. The van der Waals surface area contributed by atoms with Gasteiger partial charge in [-0.2, -0.15) is 0 Å². The summed E-state index contributed by atoms with van der Waals surface area (Å²) in [6.45, 7) is 3.58. The summed E-state index contributed by atoms with van der Waals surface area (Å²) in [4.78, 5) is 35.8. The summed E-state index contributed by atoms with van der Waals surface area (Å²) >= 11 is 0. The highest BCUT2D eigenvalue weighted by atomic mass is 16.5. The minimum atomic E-state index is -1.18. The summed E-state index contributed by atoms with van der Waals surface area (Å²) in [6, 6.07) is 5.49. The molecule has 0 saturated carbocycles. The van der Waals surface area contributed by atoms with Crippen LogP contribution in [0.3, 0.4) is 0 Å². The average molecular weight is 335 g/mol. The van der Waals surface area contributed by atoms with Crippen molar-refractivity contribution in [2.45, 2.75) is 32.0 Å². The summed E-state index contributed by atoms with van der Waals surface area (Å²) in [7, 11) is 0. The number of fused-ring (bicyclic) bond motifs is 1. The van der Waals surface area contributed by atoms with Crippen LogP contribution in [0.2, 0.25) is 0 Å². The molecule has 1 heterocycles. The van der Waals surface area contributed by atoms with Crippen LogP contribution < -0.4 is 15.4 Å². The predicted molar refractivity (Wildman–Crippen MR) is 87.2 cm³/mol. The number of para-hydroxylation sites is 2. The Balaban J connectivity index is 2.08. The van der Waals surface area contributed by atoms with E-state index >= 15 is 0 Å². The number of ether oxygens (including phenoxy) is 1. The number of anilines is 1. The molecule has 0 aliphatic carbocycles. The van der Waals surface area contributed by atoms with E-state index in [0.29, 0.717) is 17.7 Å². The molecule has 1 aromatic carbocycles. The van der Waals surface area contributed by atoms with E-state index in [0.717, 1.165) is 4.90 Å². The van der Waals surface area contributed by atoms with Gasteiger partial charge in [0.1, 0.15) is 30.2 Å². The smallest absolute Gasteiger partial charge is 0.407 e. The van der Waals surface area contributed by atoms with Crippen molar-refractivity contribution in [3.05, 3.63) is 24.3 Å². The van der Waals surface area contributed by atoms with Crippen molar-refractivity contribution in [1.29, 1.82) is 0 Å². The lowest BCUT2D eigenvalue weighted by Gasteiger charge is -2.27. The second-order valence-electron chi connectivity index (χ2n) is 5.47. The third-order valence-electron chi connectivity index (χ3n) is 3.90. The predicted octanol–water partition coefficient (Wildman–Crippen LogP) is 0.932. The van der Waals surface area contributed by atoms with Crippen LogP contribution in [0.5, 0.6) is 5.75 Å². The topological polar surface area (TPSA) is 108 Å². The summed E-state index contributed by atoms with van der Waals surface area (Å²) in [6.07, 6.45) is -1.11. The maximum atomic E-state index is 12.4. The lowest BCUT2D eigenvalue weighted by Crippen LogP contribution is -2.54. The molecule has 0 bridgehead atoms. The van der Waals surface area contributed by atoms with Crippen LogP contribution in [0.1, 0.15) is 13.8 Å². The van der Waals surface area contributed by atoms with Crippen molar-refractivity contribution < 1.29 is 24.2 Å². The molecule has 0 aromatic heterocycles. The van der Waals surface area contributed by atoms with E-state index in [1.54, 1.807) is 38.1 Å². The van der Waals surface area contributed by atoms with Gasteiger partial charge in [0.15, 0.2) is 0 Å². The first-order chi connectivity index (χ1) is 11.5. The number of carbonyl (C=O) groups excluding carboxylic acids is 2. The van der Waals surface area contributed by atoms with Crippen LogP contribution in [0, 0.1) is 0 Å². The summed E-state index contributed by atoms with van der Waals surface area (Å²) in [5.74, 6) is 0.269. The minimum Gasteiger partial charge on any atom is -0.486 e. The Kier molecular flexibility index (Phi) is 5.75. The molecular formula is C16H21N3O5. The monoisotopic (exact) mass is 335 g/mol. The molecule has 8 nitrogen and oxygen atoms in total. The van der Waals surface area contributed by atoms with Crippen molar-refractivity contribution in [3.63, 3.8) is 0 Å². The van der Waals surface area contributed by atoms with Crippen LogP contribution >= 0.6 is 0 Å². The second-order valence-corrected chi connectivity index (χ2v) is 5.47. The molecule has 130 valence electrons. The van der Waals surface area contributed by atoms with Crippen LogP contribution in [-0.2, 0) is 9.59 Å². The highest BCUT2D eigenvalue weighted by Gasteiger charge is 2.32. The number of rotatable bonds is 6. The quantitative estimate of drug-likeness (QED) is 0.668. The Bertz CT molecular complexity index is 621. The first kappa shape index (κ1) is 17.7. The summed E-state index contributed by atoms with van der Waals surface area (Å²) in [5, 5.41) is 14.8. The first-order valence-corrected chi connectivity index (χ1v) is 7.72. The van der Waals surface area contributed by atoms with Crippen LogP contribution in [-0.4, -0.2) is 59.6 Å². The number of benzene rings is 1. The zero-order chi connectivity index (χ0) is 17.7. The second kappa shape index (κ2) is 7.78. The van der Waals surface area contributed by atoms with Gasteiger partial charge in [0, 0.05) is 13.1 Å². The molecule has 0 unspecified atom stereocenters. The van der Waals surface area contributed by atoms with Gasteiger partial charge >= 0.3 is 6.09 Å². The molecule has 24 heavy (non-hydrogen) atoms. The first-order valence-electron chi connectivity index (χ1n) is 7.72. The van der Waals surface area contributed by atoms with E-state index in [-0.39, 0.29) is 19.0 Å². The van der Waals surface area contributed by atoms with Crippen LogP contribution in [0.15, 0.2) is 24.3 Å². The van der Waals surface area contributed by atoms with Crippen LogP contribution in [0.4, 0.5) is 10.5 Å². The number of carbonyl (C=O) groups is 3. The molecule has 3 atom stereocenters. The molecule has 0 radical (unpaired) electrons. The van der Waals surface area contributed by atoms with E-state index in [1.807, 2.05) is 0 Å². The Labute approximate surface area is 139 Å². The minimum absolute atomic E-state index is 0.0196. The normalized spacial score (nSPS) is 20.8. The molecule has 8 heteroatoms. The molecule has 0 saturated heterocycles. The van der Waals surface area contributed by atoms with Gasteiger partial charge in [-0.25, -0.2) is 4.79 Å². The highest BCUT2D eigenvalue weighted by Crippen LogP contribution is 2.28. The highest BCUT2D eigenvalue weighted by molar-refractivity contribution is 5.97. The molecular weight excluding hydrogens is 314 g/mol. The summed E-state index contributed by atoms with van der Waals surface area (Å²) in [5.41, 5.74) is 0.575. The molecule has 1 aliphatic rings. The van der Waals surface area contributed by atoms with E-state index in [9.17, 15) is 14.4 Å². The maximum Gasteiger partial charge on any atom is 0.407 e. The van der Waals surface area contributed by atoms with Gasteiger partial charge in [-0.1, -0.05) is 12.1 Å². The van der Waals surface area contributed by atoms with Crippen molar-refractivity contribution in [1.82, 2.24) is 10.2 Å². The molecule has 1 aromatic rings.